The Kier molecular flexibility index (Phi) is 7.48. The van der Waals surface area contributed by atoms with Gasteiger partial charge in [0.15, 0.2) is 6.61 Å². The van der Waals surface area contributed by atoms with E-state index >= 15 is 0 Å². The van der Waals surface area contributed by atoms with Crippen molar-refractivity contribution >= 4 is 17.7 Å². The minimum Gasteiger partial charge on any atom is -0.482 e. The van der Waals surface area contributed by atoms with Gasteiger partial charge in [-0.25, -0.2) is 4.79 Å². The first kappa shape index (κ1) is 23.7. The summed E-state index contributed by atoms with van der Waals surface area (Å²) in [5.41, 5.74) is 3.14. The van der Waals surface area contributed by atoms with Crippen molar-refractivity contribution in [3.05, 3.63) is 82.9 Å². The van der Waals surface area contributed by atoms with Gasteiger partial charge in [0.25, 0.3) is 0 Å². The molecule has 0 bridgehead atoms. The van der Waals surface area contributed by atoms with E-state index in [1.165, 1.54) is 23.9 Å². The normalized spacial score (nSPS) is 11.4. The van der Waals surface area contributed by atoms with Crippen LogP contribution in [0.25, 0.3) is 11.1 Å². The van der Waals surface area contributed by atoms with Crippen LogP contribution in [0.3, 0.4) is 0 Å². The zero-order valence-corrected chi connectivity index (χ0v) is 18.0. The van der Waals surface area contributed by atoms with Gasteiger partial charge in [-0.2, -0.15) is 13.2 Å². The molecule has 8 heteroatoms. The van der Waals surface area contributed by atoms with Crippen LogP contribution in [-0.4, -0.2) is 22.8 Å². The molecular formula is C24H21F3O4S. The van der Waals surface area contributed by atoms with E-state index in [0.717, 1.165) is 39.3 Å². The molecular weight excluding hydrogens is 441 g/mol. The molecule has 3 rings (SSSR count). The number of rotatable bonds is 8. The number of alkyl halides is 3. The average molecular weight is 462 g/mol. The van der Waals surface area contributed by atoms with Crippen LogP contribution >= 0.6 is 11.8 Å². The lowest BCUT2D eigenvalue weighted by Gasteiger charge is -2.13. The Balaban J connectivity index is 1.76. The molecule has 0 aliphatic rings. The molecule has 0 saturated carbocycles. The smallest absolute Gasteiger partial charge is 0.416 e. The molecule has 0 aliphatic heterocycles. The lowest BCUT2D eigenvalue weighted by Crippen LogP contribution is -2.09. The molecule has 0 radical (unpaired) electrons. The third-order valence-corrected chi connectivity index (χ3v) is 5.86. The minimum atomic E-state index is -4.38. The maximum absolute atomic E-state index is 12.8. The average Bonchev–Trinajstić information content (AvgIpc) is 2.76. The summed E-state index contributed by atoms with van der Waals surface area (Å²) in [5.74, 6) is -0.0107. The van der Waals surface area contributed by atoms with Gasteiger partial charge in [-0.3, -0.25) is 0 Å². The number of aliphatic hydroxyl groups is 1. The molecule has 0 spiro atoms. The Bertz CT molecular complexity index is 1100. The number of hydrogen-bond acceptors (Lipinski definition) is 4. The molecule has 0 atom stereocenters. The number of hydrogen-bond donors (Lipinski definition) is 2. The number of benzene rings is 3. The summed E-state index contributed by atoms with van der Waals surface area (Å²) in [4.78, 5) is 11.6. The number of aryl methyl sites for hydroxylation is 1. The first-order valence-corrected chi connectivity index (χ1v) is 10.6. The molecule has 0 fully saturated rings. The highest BCUT2D eigenvalue weighted by molar-refractivity contribution is 7.98. The minimum absolute atomic E-state index is 0.149. The van der Waals surface area contributed by atoms with Gasteiger partial charge >= 0.3 is 12.1 Å². The van der Waals surface area contributed by atoms with Gasteiger partial charge in [-0.05, 0) is 71.1 Å². The van der Waals surface area contributed by atoms with Crippen molar-refractivity contribution in [2.24, 2.45) is 0 Å². The number of halogens is 3. The largest absolute Gasteiger partial charge is 0.482 e. The van der Waals surface area contributed by atoms with E-state index in [1.807, 2.05) is 25.1 Å². The molecule has 0 amide bonds. The van der Waals surface area contributed by atoms with Gasteiger partial charge in [0.1, 0.15) is 5.75 Å². The van der Waals surface area contributed by atoms with E-state index in [0.29, 0.717) is 17.1 Å². The molecule has 3 aromatic rings. The summed E-state index contributed by atoms with van der Waals surface area (Å²) in [7, 11) is 0. The number of carboxylic acid groups (broad SMARTS) is 1. The highest BCUT2D eigenvalue weighted by Gasteiger charge is 2.30. The zero-order chi connectivity index (χ0) is 23.3. The van der Waals surface area contributed by atoms with Crippen LogP contribution in [0.4, 0.5) is 13.2 Å². The highest BCUT2D eigenvalue weighted by Crippen LogP contribution is 2.33. The van der Waals surface area contributed by atoms with Gasteiger partial charge in [0.2, 0.25) is 0 Å². The second-order valence-corrected chi connectivity index (χ2v) is 8.16. The summed E-state index contributed by atoms with van der Waals surface area (Å²) in [5, 5.41) is 18.4. The summed E-state index contributed by atoms with van der Waals surface area (Å²) in [6.45, 7) is 1.26. The molecule has 0 aliphatic carbocycles. The van der Waals surface area contributed by atoms with Crippen molar-refractivity contribution in [3.8, 4) is 16.9 Å². The Morgan fingerprint density at radius 2 is 1.66 bits per heavy atom. The molecule has 32 heavy (non-hydrogen) atoms. The van der Waals surface area contributed by atoms with Gasteiger partial charge in [-0.1, -0.05) is 24.3 Å². The summed E-state index contributed by atoms with van der Waals surface area (Å²) < 4.78 is 43.7. The van der Waals surface area contributed by atoms with Crippen molar-refractivity contribution in [2.75, 3.05) is 6.61 Å². The van der Waals surface area contributed by atoms with E-state index in [1.54, 1.807) is 18.2 Å². The van der Waals surface area contributed by atoms with Gasteiger partial charge in [0, 0.05) is 10.6 Å². The highest BCUT2D eigenvalue weighted by atomic mass is 32.2. The molecule has 2 N–H and O–H groups in total. The number of carboxylic acids is 1. The van der Waals surface area contributed by atoms with E-state index in [-0.39, 0.29) is 6.61 Å². The van der Waals surface area contributed by atoms with E-state index in [4.69, 9.17) is 9.84 Å². The SMILES string of the molecule is Cc1cc(SCc2cc(-c3ccc(C(F)(F)F)cc3)ccc2CO)ccc1OCC(=O)O. The van der Waals surface area contributed by atoms with Crippen LogP contribution in [0.15, 0.2) is 65.6 Å². The molecule has 0 aromatic heterocycles. The second-order valence-electron chi connectivity index (χ2n) is 7.12. The Labute approximate surface area is 187 Å². The third kappa shape index (κ3) is 6.05. The number of aliphatic hydroxyl groups excluding tert-OH is 1. The number of carbonyl (C=O) groups is 1. The van der Waals surface area contributed by atoms with Crippen molar-refractivity contribution in [1.82, 2.24) is 0 Å². The van der Waals surface area contributed by atoms with Gasteiger partial charge in [0.05, 0.1) is 12.2 Å². The molecule has 0 unspecified atom stereocenters. The molecule has 0 saturated heterocycles. The monoisotopic (exact) mass is 462 g/mol. The van der Waals surface area contributed by atoms with Crippen LogP contribution in [0.5, 0.6) is 5.75 Å². The molecule has 0 heterocycles. The predicted octanol–water partition coefficient (Wildman–Crippen LogP) is 5.93. The molecule has 3 aromatic carbocycles. The standard InChI is InChI=1S/C24H21F3O4S/c1-15-10-21(8-9-22(15)31-13-23(29)30)32-14-19-11-17(2-3-18(19)12-28)16-4-6-20(7-5-16)24(25,26)27/h2-11,28H,12-14H2,1H3,(H,29,30). The quantitative estimate of drug-likeness (QED) is 0.406. The van der Waals surface area contributed by atoms with Crippen molar-refractivity contribution in [3.63, 3.8) is 0 Å². The van der Waals surface area contributed by atoms with E-state index < -0.39 is 24.3 Å². The van der Waals surface area contributed by atoms with Gasteiger partial charge < -0.3 is 14.9 Å². The van der Waals surface area contributed by atoms with Gasteiger partial charge in [-0.15, -0.1) is 11.8 Å². The Morgan fingerprint density at radius 3 is 2.25 bits per heavy atom. The fraction of sp³-hybridized carbons (Fsp3) is 0.208. The fourth-order valence-electron chi connectivity index (χ4n) is 3.12. The van der Waals surface area contributed by atoms with Crippen LogP contribution in [0.1, 0.15) is 22.3 Å². The number of ether oxygens (including phenoxy) is 1. The summed E-state index contributed by atoms with van der Waals surface area (Å²) in [6, 6.07) is 15.8. The molecule has 4 nitrogen and oxygen atoms in total. The van der Waals surface area contributed by atoms with Crippen LogP contribution in [0.2, 0.25) is 0 Å². The van der Waals surface area contributed by atoms with Crippen LogP contribution in [0, 0.1) is 6.92 Å². The Hall–Kier alpha value is -2.97. The summed E-state index contributed by atoms with van der Waals surface area (Å²) >= 11 is 1.53. The van der Waals surface area contributed by atoms with Crippen molar-refractivity contribution in [1.29, 1.82) is 0 Å². The maximum atomic E-state index is 12.8. The van der Waals surface area contributed by atoms with E-state index in [9.17, 15) is 23.1 Å². The number of aliphatic carboxylic acids is 1. The summed E-state index contributed by atoms with van der Waals surface area (Å²) in [6.07, 6.45) is -4.38. The molecule has 168 valence electrons. The van der Waals surface area contributed by atoms with Crippen LogP contribution in [-0.2, 0) is 23.3 Å². The number of thioether (sulfide) groups is 1. The lowest BCUT2D eigenvalue weighted by atomic mass is 9.99. The van der Waals surface area contributed by atoms with Crippen molar-refractivity contribution in [2.45, 2.75) is 30.4 Å². The third-order valence-electron chi connectivity index (χ3n) is 4.81. The van der Waals surface area contributed by atoms with Crippen molar-refractivity contribution < 1.29 is 32.9 Å². The lowest BCUT2D eigenvalue weighted by molar-refractivity contribution is -0.139. The zero-order valence-electron chi connectivity index (χ0n) is 17.1. The fourth-order valence-corrected chi connectivity index (χ4v) is 4.14. The van der Waals surface area contributed by atoms with E-state index in [2.05, 4.69) is 0 Å². The topological polar surface area (TPSA) is 66.8 Å². The van der Waals surface area contributed by atoms with Crippen LogP contribution < -0.4 is 4.74 Å². The first-order chi connectivity index (χ1) is 15.2. The predicted molar refractivity (Wildman–Crippen MR) is 117 cm³/mol. The first-order valence-electron chi connectivity index (χ1n) is 9.65. The maximum Gasteiger partial charge on any atom is 0.416 e. The Morgan fingerprint density at radius 1 is 0.969 bits per heavy atom. The second kappa shape index (κ2) is 10.1.